The molecule has 5 N–H and O–H groups in total. The largest absolute Gasteiger partial charge is 0.478 e. The van der Waals surface area contributed by atoms with Gasteiger partial charge in [0.2, 0.25) is 0 Å². The van der Waals surface area contributed by atoms with E-state index < -0.39 is 17.9 Å². The summed E-state index contributed by atoms with van der Waals surface area (Å²) in [5.74, 6) is -2.21. The van der Waals surface area contributed by atoms with Crippen LogP contribution in [0.2, 0.25) is 0 Å². The Bertz CT molecular complexity index is 754. The van der Waals surface area contributed by atoms with Crippen LogP contribution in [-0.4, -0.2) is 83.1 Å². The van der Waals surface area contributed by atoms with E-state index in [0.717, 1.165) is 0 Å². The topological polar surface area (TPSA) is 171 Å². The van der Waals surface area contributed by atoms with Gasteiger partial charge in [-0.05, 0) is 31.2 Å². The van der Waals surface area contributed by atoms with Crippen molar-refractivity contribution in [2.45, 2.75) is 6.92 Å². The van der Waals surface area contributed by atoms with Crippen LogP contribution in [0.1, 0.15) is 27.6 Å². The number of aliphatic hydroxyl groups is 3. The zero-order chi connectivity index (χ0) is 26.2. The third kappa shape index (κ3) is 20.3. The number of hydrogen-bond acceptors (Lipinski definition) is 8. The van der Waals surface area contributed by atoms with Gasteiger partial charge in [0.1, 0.15) is 6.61 Å². The normalized spacial score (nSPS) is 8.94. The van der Waals surface area contributed by atoms with Crippen LogP contribution >= 0.6 is 0 Å². The maximum atomic E-state index is 10.5. The molecule has 188 valence electrons. The summed E-state index contributed by atoms with van der Waals surface area (Å²) in [7, 11) is 0. The third-order valence-corrected chi connectivity index (χ3v) is 3.19. The molecule has 2 rings (SSSR count). The number of carboxylic acid groups (broad SMARTS) is 2. The smallest absolute Gasteiger partial charge is 0.335 e. The predicted molar refractivity (Wildman–Crippen MR) is 125 cm³/mol. The van der Waals surface area contributed by atoms with Gasteiger partial charge < -0.3 is 35.0 Å². The number of benzene rings is 2. The minimum absolute atomic E-state index is 0.0278. The first-order valence-electron chi connectivity index (χ1n) is 10.0. The SMILES string of the molecule is C=C(C)C(=O)OCCO.O=C(O)c1ccccc1.O=C(O)c1ccccc1.OCCOCCO. The molecule has 0 saturated heterocycles. The summed E-state index contributed by atoms with van der Waals surface area (Å²) >= 11 is 0. The summed E-state index contributed by atoms with van der Waals surface area (Å²) in [6, 6.07) is 16.6. The van der Waals surface area contributed by atoms with E-state index >= 15 is 0 Å². The van der Waals surface area contributed by atoms with E-state index in [0.29, 0.717) is 29.9 Å². The van der Waals surface area contributed by atoms with E-state index in [4.69, 9.17) is 25.5 Å². The van der Waals surface area contributed by atoms with E-state index in [1.54, 1.807) is 67.6 Å². The number of hydrogen-bond donors (Lipinski definition) is 5. The Morgan fingerprint density at radius 1 is 0.706 bits per heavy atom. The molecule has 0 unspecified atom stereocenters. The Morgan fingerprint density at radius 3 is 1.29 bits per heavy atom. The van der Waals surface area contributed by atoms with Gasteiger partial charge in [-0.1, -0.05) is 43.0 Å². The zero-order valence-electron chi connectivity index (χ0n) is 19.0. The van der Waals surface area contributed by atoms with Gasteiger partial charge in [0.25, 0.3) is 0 Å². The van der Waals surface area contributed by atoms with Crippen molar-refractivity contribution in [1.82, 2.24) is 0 Å². The number of ether oxygens (including phenoxy) is 2. The first-order chi connectivity index (χ1) is 16.2. The highest BCUT2D eigenvalue weighted by molar-refractivity contribution is 5.88. The maximum Gasteiger partial charge on any atom is 0.335 e. The molecule has 10 heteroatoms. The van der Waals surface area contributed by atoms with Gasteiger partial charge >= 0.3 is 17.9 Å². The highest BCUT2D eigenvalue weighted by Gasteiger charge is 2.00. The first kappa shape index (κ1) is 32.6. The molecule has 34 heavy (non-hydrogen) atoms. The predicted octanol–water partition coefficient (Wildman–Crippen LogP) is 1.86. The van der Waals surface area contributed by atoms with Crippen molar-refractivity contribution in [1.29, 1.82) is 0 Å². The minimum atomic E-state index is -0.879. The van der Waals surface area contributed by atoms with Gasteiger partial charge in [0.05, 0.1) is 44.2 Å². The van der Waals surface area contributed by atoms with Gasteiger partial charge in [-0.2, -0.15) is 0 Å². The van der Waals surface area contributed by atoms with Crippen LogP contribution in [0.5, 0.6) is 0 Å². The van der Waals surface area contributed by atoms with Gasteiger partial charge in [-0.25, -0.2) is 14.4 Å². The summed E-state index contributed by atoms with van der Waals surface area (Å²) in [6.07, 6.45) is 0. The monoisotopic (exact) mass is 480 g/mol. The molecule has 0 aliphatic heterocycles. The van der Waals surface area contributed by atoms with E-state index in [2.05, 4.69) is 16.1 Å². The van der Waals surface area contributed by atoms with Crippen LogP contribution in [0, 0.1) is 0 Å². The van der Waals surface area contributed by atoms with Crippen molar-refractivity contribution in [3.05, 3.63) is 83.9 Å². The standard InChI is InChI=1S/2C7H6O2.C6H10O3.C4H10O3/c2*8-7(9)6-4-2-1-3-5-6;1-5(2)6(8)9-4-3-7;5-1-3-7-4-2-6/h2*1-5H,(H,8,9);7H,1,3-4H2,2H3;5-6H,1-4H2. The van der Waals surface area contributed by atoms with Crippen LogP contribution in [-0.2, 0) is 14.3 Å². The van der Waals surface area contributed by atoms with Gasteiger partial charge in [0, 0.05) is 5.57 Å². The fourth-order valence-corrected chi connectivity index (χ4v) is 1.65. The van der Waals surface area contributed by atoms with Gasteiger partial charge in [0.15, 0.2) is 0 Å². The fourth-order valence-electron chi connectivity index (χ4n) is 1.65. The lowest BCUT2D eigenvalue weighted by Crippen LogP contribution is -2.08. The number of aromatic carboxylic acids is 2. The van der Waals surface area contributed by atoms with Crippen LogP contribution in [0.4, 0.5) is 0 Å². The number of aliphatic hydroxyl groups excluding tert-OH is 3. The Morgan fingerprint density at radius 2 is 1.06 bits per heavy atom. The van der Waals surface area contributed by atoms with E-state index in [1.807, 2.05) is 0 Å². The molecule has 2 aromatic rings. The Kier molecular flexibility index (Phi) is 21.7. The van der Waals surface area contributed by atoms with Crippen molar-refractivity contribution in [3.8, 4) is 0 Å². The van der Waals surface area contributed by atoms with Crippen LogP contribution in [0.25, 0.3) is 0 Å². The number of carbonyl (C=O) groups excluding carboxylic acids is 1. The van der Waals surface area contributed by atoms with Crippen LogP contribution < -0.4 is 0 Å². The molecule has 0 fully saturated rings. The average Bonchev–Trinajstić information content (AvgIpc) is 2.85. The molecular weight excluding hydrogens is 448 g/mol. The van der Waals surface area contributed by atoms with E-state index in [9.17, 15) is 14.4 Å². The molecule has 0 heterocycles. The zero-order valence-corrected chi connectivity index (χ0v) is 19.0. The number of esters is 1. The summed E-state index contributed by atoms with van der Waals surface area (Å²) in [6.45, 7) is 5.51. The van der Waals surface area contributed by atoms with Crippen molar-refractivity contribution in [2.75, 3.05) is 39.6 Å². The fraction of sp³-hybridized carbons (Fsp3) is 0.292. The second-order valence-electron chi connectivity index (χ2n) is 6.04. The molecule has 0 bridgehead atoms. The van der Waals surface area contributed by atoms with Crippen LogP contribution in [0.3, 0.4) is 0 Å². The summed E-state index contributed by atoms with van der Waals surface area (Å²) in [5, 5.41) is 41.1. The molecule has 0 amide bonds. The number of rotatable bonds is 9. The van der Waals surface area contributed by atoms with Crippen molar-refractivity contribution in [2.24, 2.45) is 0 Å². The Hall–Kier alpha value is -3.57. The molecule has 0 spiro atoms. The lowest BCUT2D eigenvalue weighted by molar-refractivity contribution is -0.139. The lowest BCUT2D eigenvalue weighted by Gasteiger charge is -1.99. The van der Waals surface area contributed by atoms with Crippen LogP contribution in [0.15, 0.2) is 72.8 Å². The molecular formula is C24H32O10. The summed E-state index contributed by atoms with van der Waals surface area (Å²) in [4.78, 5) is 30.9. The Balaban J connectivity index is 0. The maximum absolute atomic E-state index is 10.5. The average molecular weight is 481 g/mol. The second kappa shape index (κ2) is 22.6. The van der Waals surface area contributed by atoms with Crippen molar-refractivity contribution < 1.29 is 49.4 Å². The summed E-state index contributed by atoms with van der Waals surface area (Å²) < 4.78 is 9.10. The van der Waals surface area contributed by atoms with Gasteiger partial charge in [-0.15, -0.1) is 0 Å². The molecule has 10 nitrogen and oxygen atoms in total. The Labute approximate surface area is 198 Å². The molecule has 0 aromatic heterocycles. The van der Waals surface area contributed by atoms with Gasteiger partial charge in [-0.3, -0.25) is 0 Å². The van der Waals surface area contributed by atoms with E-state index in [1.165, 1.54) is 0 Å². The molecule has 0 aliphatic rings. The second-order valence-corrected chi connectivity index (χ2v) is 6.04. The summed E-state index contributed by atoms with van der Waals surface area (Å²) in [5.41, 5.74) is 1.01. The van der Waals surface area contributed by atoms with Crippen molar-refractivity contribution >= 4 is 17.9 Å². The molecule has 0 saturated carbocycles. The highest BCUT2D eigenvalue weighted by Crippen LogP contribution is 1.97. The minimum Gasteiger partial charge on any atom is -0.478 e. The number of carboxylic acids is 2. The third-order valence-electron chi connectivity index (χ3n) is 3.19. The molecule has 0 aliphatic carbocycles. The van der Waals surface area contributed by atoms with E-state index in [-0.39, 0.29) is 26.4 Å². The number of carbonyl (C=O) groups is 3. The quantitative estimate of drug-likeness (QED) is 0.203. The highest BCUT2D eigenvalue weighted by atomic mass is 16.5. The molecule has 2 aromatic carbocycles. The molecule has 0 atom stereocenters. The molecule has 0 radical (unpaired) electrons. The first-order valence-corrected chi connectivity index (χ1v) is 10.0. The lowest BCUT2D eigenvalue weighted by atomic mass is 10.2. The van der Waals surface area contributed by atoms with Crippen molar-refractivity contribution in [3.63, 3.8) is 0 Å².